The molecule has 0 aliphatic rings. The maximum atomic E-state index is 4.44. The second kappa shape index (κ2) is 5.42. The van der Waals surface area contributed by atoms with Crippen molar-refractivity contribution < 1.29 is 0 Å². The molecule has 126 valence electrons. The van der Waals surface area contributed by atoms with Gasteiger partial charge in [0.05, 0.1) is 11.0 Å². The SMILES string of the molecule is c1ccc(-n2c3ccncc3c3c4ccccc4c4ccccc4c32)cc1. The Morgan fingerprint density at radius 3 is 1.96 bits per heavy atom. The van der Waals surface area contributed by atoms with Crippen LogP contribution in [0.1, 0.15) is 0 Å². The predicted octanol–water partition coefficient (Wildman–Crippen LogP) is 6.49. The molecule has 0 bridgehead atoms. The molecule has 0 radical (unpaired) electrons. The van der Waals surface area contributed by atoms with E-state index in [0.29, 0.717) is 0 Å². The summed E-state index contributed by atoms with van der Waals surface area (Å²) in [7, 11) is 0. The minimum Gasteiger partial charge on any atom is -0.308 e. The summed E-state index contributed by atoms with van der Waals surface area (Å²) in [6.07, 6.45) is 3.88. The molecule has 2 heteroatoms. The Hall–Kier alpha value is -3.65. The van der Waals surface area contributed by atoms with E-state index >= 15 is 0 Å². The fourth-order valence-electron chi connectivity index (χ4n) is 4.37. The summed E-state index contributed by atoms with van der Waals surface area (Å²) in [5, 5.41) is 7.59. The molecule has 27 heavy (non-hydrogen) atoms. The summed E-state index contributed by atoms with van der Waals surface area (Å²) in [6.45, 7) is 0. The highest BCUT2D eigenvalue weighted by Gasteiger charge is 2.18. The molecule has 4 aromatic carbocycles. The van der Waals surface area contributed by atoms with Crippen LogP contribution in [0.2, 0.25) is 0 Å². The first-order valence-corrected chi connectivity index (χ1v) is 9.16. The Kier molecular flexibility index (Phi) is 2.91. The molecule has 6 aromatic rings. The fourth-order valence-corrected chi connectivity index (χ4v) is 4.37. The van der Waals surface area contributed by atoms with Gasteiger partial charge in [0.2, 0.25) is 0 Å². The van der Waals surface area contributed by atoms with Gasteiger partial charge in [0, 0.05) is 34.2 Å². The zero-order valence-electron chi connectivity index (χ0n) is 14.6. The molecule has 2 nitrogen and oxygen atoms in total. The van der Waals surface area contributed by atoms with Gasteiger partial charge in [-0.3, -0.25) is 4.98 Å². The number of hydrogen-bond donors (Lipinski definition) is 0. The zero-order valence-corrected chi connectivity index (χ0v) is 14.6. The molecule has 0 saturated carbocycles. The minimum atomic E-state index is 1.17. The summed E-state index contributed by atoms with van der Waals surface area (Å²) < 4.78 is 2.38. The first-order chi connectivity index (χ1) is 13.4. The van der Waals surface area contributed by atoms with Crippen LogP contribution in [0, 0.1) is 0 Å². The monoisotopic (exact) mass is 344 g/mol. The number of fused-ring (bicyclic) bond motifs is 8. The molecular weight excluding hydrogens is 328 g/mol. The summed E-state index contributed by atoms with van der Waals surface area (Å²) in [6, 6.07) is 30.1. The van der Waals surface area contributed by atoms with Gasteiger partial charge in [0.25, 0.3) is 0 Å². The topological polar surface area (TPSA) is 17.8 Å². The lowest BCUT2D eigenvalue weighted by molar-refractivity contribution is 1.18. The van der Waals surface area contributed by atoms with Crippen molar-refractivity contribution in [2.75, 3.05) is 0 Å². The van der Waals surface area contributed by atoms with E-state index in [1.54, 1.807) is 0 Å². The van der Waals surface area contributed by atoms with Gasteiger partial charge in [-0.05, 0) is 34.4 Å². The highest BCUT2D eigenvalue weighted by molar-refractivity contribution is 6.31. The molecule has 0 saturated heterocycles. The first-order valence-electron chi connectivity index (χ1n) is 9.16. The number of hydrogen-bond acceptors (Lipinski definition) is 1. The van der Waals surface area contributed by atoms with Crippen LogP contribution in [-0.2, 0) is 0 Å². The zero-order chi connectivity index (χ0) is 17.8. The van der Waals surface area contributed by atoms with Crippen molar-refractivity contribution in [1.29, 1.82) is 0 Å². The van der Waals surface area contributed by atoms with Gasteiger partial charge in [-0.25, -0.2) is 0 Å². The lowest BCUT2D eigenvalue weighted by Gasteiger charge is -2.11. The Morgan fingerprint density at radius 2 is 1.19 bits per heavy atom. The molecule has 0 aliphatic carbocycles. The van der Waals surface area contributed by atoms with E-state index in [1.165, 1.54) is 49.0 Å². The number of rotatable bonds is 1. The number of benzene rings is 4. The maximum absolute atomic E-state index is 4.44. The molecule has 0 aliphatic heterocycles. The normalized spacial score (nSPS) is 11.7. The van der Waals surface area contributed by atoms with Crippen LogP contribution in [0.25, 0.3) is 49.0 Å². The standard InChI is InChI=1S/C25H16N2/c1-2-8-17(9-3-1)27-23-14-15-26-16-22(23)24-20-12-6-4-10-18(20)19-11-5-7-13-21(19)25(24)27/h1-16H. The first kappa shape index (κ1) is 14.5. The number of pyridine rings is 1. The van der Waals surface area contributed by atoms with Crippen LogP contribution in [0.4, 0.5) is 0 Å². The van der Waals surface area contributed by atoms with Gasteiger partial charge in [-0.2, -0.15) is 0 Å². The lowest BCUT2D eigenvalue weighted by atomic mass is 9.97. The van der Waals surface area contributed by atoms with E-state index in [9.17, 15) is 0 Å². The van der Waals surface area contributed by atoms with Crippen molar-refractivity contribution in [2.45, 2.75) is 0 Å². The van der Waals surface area contributed by atoms with Gasteiger partial charge in [0.1, 0.15) is 0 Å². The molecule has 0 atom stereocenters. The summed E-state index contributed by atoms with van der Waals surface area (Å²) in [5.74, 6) is 0. The molecule has 0 N–H and O–H groups in total. The molecule has 0 spiro atoms. The minimum absolute atomic E-state index is 1.17. The summed E-state index contributed by atoms with van der Waals surface area (Å²) >= 11 is 0. The molecule has 6 rings (SSSR count). The Bertz CT molecular complexity index is 1460. The Balaban J connectivity index is 2.02. The van der Waals surface area contributed by atoms with Crippen molar-refractivity contribution in [2.24, 2.45) is 0 Å². The average molecular weight is 344 g/mol. The smallest absolute Gasteiger partial charge is 0.0626 e. The predicted molar refractivity (Wildman–Crippen MR) is 114 cm³/mol. The van der Waals surface area contributed by atoms with Gasteiger partial charge in [-0.15, -0.1) is 0 Å². The molecule has 0 amide bonds. The second-order valence-corrected chi connectivity index (χ2v) is 6.88. The fraction of sp³-hybridized carbons (Fsp3) is 0. The van der Waals surface area contributed by atoms with E-state index in [-0.39, 0.29) is 0 Å². The largest absolute Gasteiger partial charge is 0.308 e. The Labute approximate surface area is 156 Å². The van der Waals surface area contributed by atoms with Gasteiger partial charge in [-0.1, -0.05) is 66.7 Å². The van der Waals surface area contributed by atoms with Crippen molar-refractivity contribution in [3.05, 3.63) is 97.3 Å². The van der Waals surface area contributed by atoms with Crippen LogP contribution in [0.15, 0.2) is 97.3 Å². The van der Waals surface area contributed by atoms with Crippen LogP contribution in [0.5, 0.6) is 0 Å². The number of nitrogens with zero attached hydrogens (tertiary/aromatic N) is 2. The molecular formula is C25H16N2. The summed E-state index contributed by atoms with van der Waals surface area (Å²) in [4.78, 5) is 4.44. The molecule has 0 fully saturated rings. The van der Waals surface area contributed by atoms with Crippen LogP contribution >= 0.6 is 0 Å². The average Bonchev–Trinajstić information content (AvgIpc) is 3.10. The van der Waals surface area contributed by atoms with E-state index in [4.69, 9.17) is 0 Å². The number of para-hydroxylation sites is 1. The number of aromatic nitrogens is 2. The van der Waals surface area contributed by atoms with E-state index in [2.05, 4.69) is 94.5 Å². The molecule has 0 unspecified atom stereocenters. The van der Waals surface area contributed by atoms with Gasteiger partial charge in [0.15, 0.2) is 0 Å². The van der Waals surface area contributed by atoms with Crippen LogP contribution in [-0.4, -0.2) is 9.55 Å². The van der Waals surface area contributed by atoms with Gasteiger partial charge >= 0.3 is 0 Å². The van der Waals surface area contributed by atoms with Crippen LogP contribution in [0.3, 0.4) is 0 Å². The van der Waals surface area contributed by atoms with Crippen molar-refractivity contribution >= 4 is 43.4 Å². The lowest BCUT2D eigenvalue weighted by Crippen LogP contribution is -1.94. The second-order valence-electron chi connectivity index (χ2n) is 6.88. The summed E-state index contributed by atoms with van der Waals surface area (Å²) in [5.41, 5.74) is 3.61. The van der Waals surface area contributed by atoms with Crippen molar-refractivity contribution in [3.8, 4) is 5.69 Å². The molecule has 2 aromatic heterocycles. The third-order valence-corrected chi connectivity index (χ3v) is 5.45. The van der Waals surface area contributed by atoms with Crippen LogP contribution < -0.4 is 0 Å². The Morgan fingerprint density at radius 1 is 0.556 bits per heavy atom. The van der Waals surface area contributed by atoms with Crippen molar-refractivity contribution in [3.63, 3.8) is 0 Å². The maximum Gasteiger partial charge on any atom is 0.0626 e. The third kappa shape index (κ3) is 1.92. The third-order valence-electron chi connectivity index (χ3n) is 5.45. The quantitative estimate of drug-likeness (QED) is 0.312. The van der Waals surface area contributed by atoms with E-state index in [1.807, 2.05) is 12.4 Å². The highest BCUT2D eigenvalue weighted by Crippen LogP contribution is 2.41. The highest BCUT2D eigenvalue weighted by atomic mass is 15.0. The molecule has 2 heterocycles. The van der Waals surface area contributed by atoms with E-state index < -0.39 is 0 Å². The van der Waals surface area contributed by atoms with Crippen molar-refractivity contribution in [1.82, 2.24) is 9.55 Å². The van der Waals surface area contributed by atoms with E-state index in [0.717, 1.165) is 0 Å². The van der Waals surface area contributed by atoms with Gasteiger partial charge < -0.3 is 4.57 Å².